The van der Waals surface area contributed by atoms with Crippen LogP contribution in [-0.4, -0.2) is 140 Å². The predicted molar refractivity (Wildman–Crippen MR) is 363 cm³/mol. The first-order chi connectivity index (χ1) is 48.5. The van der Waals surface area contributed by atoms with Gasteiger partial charge in [-0.3, -0.25) is 4.79 Å². The molecular weight excluding hydrogens is 1270 g/mol. The summed E-state index contributed by atoms with van der Waals surface area (Å²) in [5.41, 5.74) is 25.7. The highest BCUT2D eigenvalue weighted by atomic mass is 16.8. The van der Waals surface area contributed by atoms with E-state index in [4.69, 9.17) is 61.6 Å². The largest absolute Gasteiger partial charge is 0.457 e. The van der Waals surface area contributed by atoms with Gasteiger partial charge in [-0.1, -0.05) is 204 Å². The fraction of sp³-hybridized carbons (Fsp3) is 0.395. The number of rotatable bonds is 29. The summed E-state index contributed by atoms with van der Waals surface area (Å²) in [5, 5.41) is 24.2. The van der Waals surface area contributed by atoms with E-state index in [0.29, 0.717) is 37.9 Å². The van der Waals surface area contributed by atoms with Crippen molar-refractivity contribution in [2.45, 2.75) is 164 Å². The summed E-state index contributed by atoms with van der Waals surface area (Å²) in [6.07, 6.45) is -15.4. The van der Waals surface area contributed by atoms with Crippen LogP contribution in [0.4, 0.5) is 4.79 Å². The summed E-state index contributed by atoms with van der Waals surface area (Å²) in [6.45, 7) is 4.00. The molecule has 0 saturated carbocycles. The van der Waals surface area contributed by atoms with Gasteiger partial charge in [0.05, 0.1) is 39.1 Å². The SMILES string of the molecule is CC(=O)O[C@H]1[C@@H](O)[C@H](N=[N+]=[N-])[C@H](O[C@@H]2[C@@H](N=[N+]=[N-])[C@@H](O[C@@H]3[C@H](OCc4ccc5ccccc5c4)[C@@H](OCc4ccc5ccccc5c4)[C@@H](OCCCCCN(Cc4ccccc4)C(=O)OCc4ccccc4)O[C@@H]3COCc3ccccc3)O[C@@H]3CO[C@H](c4ccccc4)O[C@H]23)O[C@H]1C. The van der Waals surface area contributed by atoms with E-state index in [-0.39, 0.29) is 46.2 Å². The molecule has 4 saturated heterocycles. The second-order valence-electron chi connectivity index (χ2n) is 24.9. The molecule has 0 aromatic heterocycles. The molecule has 1 amide bonds. The first-order valence-electron chi connectivity index (χ1n) is 33.5. The molecule has 4 fully saturated rings. The molecule has 8 aromatic rings. The molecule has 4 aliphatic rings. The Balaban J connectivity index is 0.883. The van der Waals surface area contributed by atoms with E-state index in [2.05, 4.69) is 32.2 Å². The minimum atomic E-state index is -1.61. The van der Waals surface area contributed by atoms with Gasteiger partial charge in [0.1, 0.15) is 67.5 Å². The molecule has 0 bridgehead atoms. The number of azide groups is 2. The van der Waals surface area contributed by atoms with E-state index < -0.39 is 110 Å². The Hall–Kier alpha value is -8.84. The van der Waals surface area contributed by atoms with Gasteiger partial charge in [0.15, 0.2) is 31.3 Å². The number of carbonyl (C=O) groups is 2. The maximum atomic E-state index is 13.8. The molecule has 23 heteroatoms. The van der Waals surface area contributed by atoms with Crippen molar-refractivity contribution < 1.29 is 76.3 Å². The highest BCUT2D eigenvalue weighted by Gasteiger charge is 2.57. The highest BCUT2D eigenvalue weighted by Crippen LogP contribution is 2.42. The van der Waals surface area contributed by atoms with E-state index in [1.807, 2.05) is 194 Å². The number of aliphatic hydroxyl groups is 1. The molecule has 8 aromatic carbocycles. The third-order valence-electron chi connectivity index (χ3n) is 17.9. The van der Waals surface area contributed by atoms with E-state index in [9.17, 15) is 25.8 Å². The van der Waals surface area contributed by atoms with Gasteiger partial charge in [-0.2, -0.15) is 0 Å². The van der Waals surface area contributed by atoms with Crippen LogP contribution < -0.4 is 0 Å². The Labute approximate surface area is 573 Å². The number of carbonyl (C=O) groups excluding carboxylic acids is 2. The summed E-state index contributed by atoms with van der Waals surface area (Å²) in [5.74, 6) is -0.699. The number of amides is 1. The van der Waals surface area contributed by atoms with Crippen LogP contribution in [0.1, 0.15) is 72.8 Å². The van der Waals surface area contributed by atoms with Gasteiger partial charge in [0.2, 0.25) is 0 Å². The average molecular weight is 1350 g/mol. The first-order valence-corrected chi connectivity index (χ1v) is 33.5. The summed E-state index contributed by atoms with van der Waals surface area (Å²) < 4.78 is 87.2. The molecule has 516 valence electrons. The van der Waals surface area contributed by atoms with Gasteiger partial charge in [-0.05, 0) is 98.7 Å². The van der Waals surface area contributed by atoms with Crippen LogP contribution in [-0.2, 0) is 99.3 Å². The third kappa shape index (κ3) is 18.3. The second kappa shape index (κ2) is 34.8. The lowest BCUT2D eigenvalue weighted by molar-refractivity contribution is -0.388. The van der Waals surface area contributed by atoms with Crippen molar-refractivity contribution >= 4 is 33.6 Å². The number of unbranched alkanes of at least 4 members (excludes halogenated alkanes) is 2. The quantitative estimate of drug-likeness (QED) is 0.0150. The van der Waals surface area contributed by atoms with Gasteiger partial charge in [-0.25, -0.2) is 4.79 Å². The molecule has 0 aliphatic carbocycles. The van der Waals surface area contributed by atoms with Crippen molar-refractivity contribution in [2.75, 3.05) is 26.4 Å². The summed E-state index contributed by atoms with van der Waals surface area (Å²) in [4.78, 5) is 34.2. The molecule has 4 aliphatic heterocycles. The van der Waals surface area contributed by atoms with Gasteiger partial charge >= 0.3 is 12.1 Å². The molecule has 0 radical (unpaired) electrons. The highest BCUT2D eigenvalue weighted by molar-refractivity contribution is 5.83. The lowest BCUT2D eigenvalue weighted by Gasteiger charge is -2.52. The number of esters is 1. The van der Waals surface area contributed by atoms with Crippen LogP contribution in [0.15, 0.2) is 216 Å². The lowest BCUT2D eigenvalue weighted by Crippen LogP contribution is -2.67. The van der Waals surface area contributed by atoms with Gasteiger partial charge < -0.3 is 71.6 Å². The lowest BCUT2D eigenvalue weighted by atomic mass is 9.93. The Morgan fingerprint density at radius 1 is 0.545 bits per heavy atom. The summed E-state index contributed by atoms with van der Waals surface area (Å²) in [6, 6.07) is 63.6. The molecule has 23 nitrogen and oxygen atoms in total. The number of benzene rings is 8. The zero-order chi connectivity index (χ0) is 68.3. The monoisotopic (exact) mass is 1350 g/mol. The number of nitrogens with zero attached hydrogens (tertiary/aromatic N) is 7. The number of hydrogen-bond donors (Lipinski definition) is 1. The molecule has 0 unspecified atom stereocenters. The Bertz CT molecular complexity index is 3990. The van der Waals surface area contributed by atoms with Crippen molar-refractivity contribution in [3.8, 4) is 0 Å². The molecular formula is C76H81N7O16. The van der Waals surface area contributed by atoms with Crippen LogP contribution >= 0.6 is 0 Å². The van der Waals surface area contributed by atoms with E-state index in [1.54, 1.807) is 11.8 Å². The Morgan fingerprint density at radius 3 is 1.75 bits per heavy atom. The number of ether oxygens (including phenoxy) is 13. The molecule has 1 N–H and O–H groups in total. The van der Waals surface area contributed by atoms with Gasteiger partial charge in [0.25, 0.3) is 0 Å². The fourth-order valence-corrected chi connectivity index (χ4v) is 13.0. The fourth-order valence-electron chi connectivity index (χ4n) is 13.0. The van der Waals surface area contributed by atoms with Crippen molar-refractivity contribution in [3.63, 3.8) is 0 Å². The zero-order valence-electron chi connectivity index (χ0n) is 55.1. The van der Waals surface area contributed by atoms with Gasteiger partial charge in [0, 0.05) is 42.0 Å². The van der Waals surface area contributed by atoms with Crippen molar-refractivity contribution in [2.24, 2.45) is 10.2 Å². The molecule has 12 rings (SSSR count). The Kier molecular flexibility index (Phi) is 24.6. The topological polar surface area (TPSA) is 275 Å². The Morgan fingerprint density at radius 2 is 1.11 bits per heavy atom. The van der Waals surface area contributed by atoms with Crippen molar-refractivity contribution in [3.05, 3.63) is 261 Å². The molecule has 99 heavy (non-hydrogen) atoms. The summed E-state index contributed by atoms with van der Waals surface area (Å²) in [7, 11) is 0. The number of aliphatic hydroxyl groups excluding tert-OH is 1. The minimum Gasteiger partial charge on any atom is -0.457 e. The minimum absolute atomic E-state index is 0.0434. The summed E-state index contributed by atoms with van der Waals surface area (Å²) >= 11 is 0. The van der Waals surface area contributed by atoms with Gasteiger partial charge in [-0.15, -0.1) is 0 Å². The zero-order valence-corrected chi connectivity index (χ0v) is 55.1. The van der Waals surface area contributed by atoms with Crippen molar-refractivity contribution in [1.82, 2.24) is 4.90 Å². The molecule has 0 spiro atoms. The smallest absolute Gasteiger partial charge is 0.410 e. The van der Waals surface area contributed by atoms with Crippen molar-refractivity contribution in [1.29, 1.82) is 0 Å². The predicted octanol–water partition coefficient (Wildman–Crippen LogP) is 13.4. The van der Waals surface area contributed by atoms with Crippen LogP contribution in [0.2, 0.25) is 0 Å². The number of hydrogen-bond acceptors (Lipinski definition) is 18. The first kappa shape index (κ1) is 70.0. The van der Waals surface area contributed by atoms with Crippen LogP contribution in [0, 0.1) is 0 Å². The van der Waals surface area contributed by atoms with E-state index >= 15 is 0 Å². The normalized spacial score (nSPS) is 26.7. The second-order valence-corrected chi connectivity index (χ2v) is 24.9. The molecule has 16 atom stereocenters. The van der Waals surface area contributed by atoms with Crippen LogP contribution in [0.25, 0.3) is 42.4 Å². The maximum Gasteiger partial charge on any atom is 0.410 e. The van der Waals surface area contributed by atoms with E-state index in [0.717, 1.165) is 49.4 Å². The maximum absolute atomic E-state index is 13.8. The third-order valence-corrected chi connectivity index (χ3v) is 17.9. The molecule has 4 heterocycles. The number of fused-ring (bicyclic) bond motifs is 3. The van der Waals surface area contributed by atoms with E-state index in [1.165, 1.54) is 6.92 Å². The van der Waals surface area contributed by atoms with Crippen LogP contribution in [0.3, 0.4) is 0 Å². The average Bonchev–Trinajstić information content (AvgIpc) is 0.757. The van der Waals surface area contributed by atoms with Crippen LogP contribution in [0.5, 0.6) is 0 Å². The standard InChI is InChI=1S/C76H81N7O16/c1-49-66(94-50(2)84)65(85)63(79-81-77)73(93-49)99-69-64(80-82-78)74(95-62-48-91-72(97-67(62)69)58-30-14-6-15-31-58)98-68-61(47-87-43-52-24-10-4-11-25-52)96-75(88-39-21-7-20-38-83(42-51-22-8-3-9-23-51)76(86)92-44-53-26-12-5-13-27-53)71(90-46-55-35-37-57-29-17-19-33-60(57)41-55)70(68)89-45-54-34-36-56-28-16-18-32-59(56)40-54/h3-6,8-19,22-37,40-41,49,61-75,85H,7,20-21,38-39,42-48H2,1-2H3/t49-,61+,62+,63-,64+,65-,66+,67-,68-,69+,70-,71+,72-,73-,74+,75-/m0/s1.